The van der Waals surface area contributed by atoms with Crippen LogP contribution in [0.25, 0.3) is 6.08 Å². The van der Waals surface area contributed by atoms with Crippen molar-refractivity contribution < 1.29 is 14.3 Å². The van der Waals surface area contributed by atoms with Crippen molar-refractivity contribution in [1.29, 1.82) is 0 Å². The molecule has 4 nitrogen and oxygen atoms in total. The molecule has 0 spiro atoms. The molecule has 6 heteroatoms. The van der Waals surface area contributed by atoms with E-state index < -0.39 is 5.41 Å². The molecule has 1 aliphatic heterocycles. The Morgan fingerprint density at radius 1 is 1.32 bits per heavy atom. The lowest BCUT2D eigenvalue weighted by molar-refractivity contribution is -0.133. The average molecular weight is 506 g/mol. The van der Waals surface area contributed by atoms with Crippen LogP contribution in [0.4, 0.5) is 0 Å². The summed E-state index contributed by atoms with van der Waals surface area (Å²) in [6, 6.07) is 0. The van der Waals surface area contributed by atoms with Crippen LogP contribution < -0.4 is 0 Å². The molecular formula is C28H40ClNO3S. The number of nitrogens with zero attached hydrogens (tertiary/aromatic N) is 1. The minimum Gasteiger partial charge on any atom is -0.378 e. The Hall–Kier alpha value is -1.56. The van der Waals surface area contributed by atoms with Crippen LogP contribution in [0.3, 0.4) is 0 Å². The summed E-state index contributed by atoms with van der Waals surface area (Å²) in [7, 11) is 0. The first-order chi connectivity index (χ1) is 16.0. The van der Waals surface area contributed by atoms with Gasteiger partial charge in [-0.1, -0.05) is 43.2 Å². The molecule has 0 aliphatic carbocycles. The highest BCUT2D eigenvalue weighted by Gasteiger charge is 2.34. The molecule has 0 saturated carbocycles. The third kappa shape index (κ3) is 9.24. The number of carbonyl (C=O) groups is 2. The second-order valence-corrected chi connectivity index (χ2v) is 11.7. The van der Waals surface area contributed by atoms with Crippen LogP contribution in [0.15, 0.2) is 34.7 Å². The van der Waals surface area contributed by atoms with Gasteiger partial charge < -0.3 is 4.74 Å². The number of hydrogen-bond donors (Lipinski definition) is 0. The zero-order chi connectivity index (χ0) is 25.3. The molecule has 188 valence electrons. The minimum atomic E-state index is -0.579. The third-order valence-corrected chi connectivity index (χ3v) is 7.78. The van der Waals surface area contributed by atoms with Gasteiger partial charge in [-0.3, -0.25) is 9.59 Å². The van der Waals surface area contributed by atoms with E-state index in [2.05, 4.69) is 24.6 Å². The average Bonchev–Trinajstić information content (AvgIpc) is 3.18. The van der Waals surface area contributed by atoms with E-state index in [1.54, 1.807) is 11.3 Å². The molecule has 1 aliphatic rings. The van der Waals surface area contributed by atoms with Gasteiger partial charge in [0.25, 0.3) is 0 Å². The molecule has 0 aromatic carbocycles. The molecule has 2 rings (SSSR count). The molecule has 3 unspecified atom stereocenters. The van der Waals surface area contributed by atoms with E-state index in [4.69, 9.17) is 16.3 Å². The quantitative estimate of drug-likeness (QED) is 0.393. The fraction of sp³-hybridized carbons (Fsp3) is 0.607. The number of aromatic nitrogens is 1. The maximum atomic E-state index is 13.4. The summed E-state index contributed by atoms with van der Waals surface area (Å²) in [5, 5.41) is 3.61. The Kier molecular flexibility index (Phi) is 11.4. The van der Waals surface area contributed by atoms with E-state index in [1.807, 2.05) is 45.2 Å². The molecular weight excluding hydrogens is 466 g/mol. The summed E-state index contributed by atoms with van der Waals surface area (Å²) in [4.78, 5) is 30.9. The number of ether oxygens (including phenoxy) is 1. The van der Waals surface area contributed by atoms with E-state index in [1.165, 1.54) is 5.57 Å². The van der Waals surface area contributed by atoms with Gasteiger partial charge in [0.15, 0.2) is 0 Å². The molecule has 34 heavy (non-hydrogen) atoms. The normalized spacial score (nSPS) is 26.2. The van der Waals surface area contributed by atoms with Gasteiger partial charge in [0.05, 0.1) is 23.4 Å². The van der Waals surface area contributed by atoms with Crippen LogP contribution in [0.2, 0.25) is 0 Å². The maximum Gasteiger partial charge on any atom is 0.141 e. The molecule has 0 amide bonds. The van der Waals surface area contributed by atoms with Gasteiger partial charge in [0.2, 0.25) is 0 Å². The smallest absolute Gasteiger partial charge is 0.141 e. The Labute approximate surface area is 214 Å². The van der Waals surface area contributed by atoms with Crippen LogP contribution in [0.1, 0.15) is 83.3 Å². The van der Waals surface area contributed by atoms with Gasteiger partial charge in [-0.25, -0.2) is 4.98 Å². The van der Waals surface area contributed by atoms with E-state index >= 15 is 0 Å². The van der Waals surface area contributed by atoms with Gasteiger partial charge in [0, 0.05) is 40.5 Å². The van der Waals surface area contributed by atoms with E-state index in [0.29, 0.717) is 50.2 Å². The van der Waals surface area contributed by atoms with Gasteiger partial charge in [0.1, 0.15) is 11.6 Å². The monoisotopic (exact) mass is 505 g/mol. The summed E-state index contributed by atoms with van der Waals surface area (Å²) >= 11 is 8.30. The number of carbonyl (C=O) groups excluding carboxylic acids is 2. The lowest BCUT2D eigenvalue weighted by atomic mass is 9.74. The number of aryl methyl sites for hydroxylation is 1. The molecule has 1 aromatic rings. The molecule has 0 saturated heterocycles. The first-order valence-electron chi connectivity index (χ1n) is 12.2. The van der Waals surface area contributed by atoms with Crippen molar-refractivity contribution in [1.82, 2.24) is 4.98 Å². The topological polar surface area (TPSA) is 56.3 Å². The zero-order valence-corrected chi connectivity index (χ0v) is 22.9. The second-order valence-electron chi connectivity index (χ2n) is 10.2. The van der Waals surface area contributed by atoms with Gasteiger partial charge in [-0.05, 0) is 59.0 Å². The molecule has 0 radical (unpaired) electrons. The molecule has 0 bridgehead atoms. The van der Waals surface area contributed by atoms with Crippen LogP contribution in [0.5, 0.6) is 0 Å². The fourth-order valence-electron chi connectivity index (χ4n) is 4.35. The van der Waals surface area contributed by atoms with Crippen LogP contribution in [-0.4, -0.2) is 29.3 Å². The standard InChI is InChI=1S/C28H40ClNO3S/c1-7-8-23-15-20(3)33-14-12-19(2)9-10-22(26(29)17-24-18-34-21(4)30-24)16-25(31)11-13-28(5,6)27(23)32/h7,9,17-18,20,22-23H,1,8,10-16H2,2-6H3. The minimum absolute atomic E-state index is 0.0151. The largest absolute Gasteiger partial charge is 0.378 e. The van der Waals surface area contributed by atoms with E-state index in [9.17, 15) is 9.59 Å². The highest BCUT2D eigenvalue weighted by Crippen LogP contribution is 2.33. The van der Waals surface area contributed by atoms with Gasteiger partial charge in [-0.2, -0.15) is 0 Å². The number of ketones is 2. The van der Waals surface area contributed by atoms with E-state index in [-0.39, 0.29) is 29.5 Å². The van der Waals surface area contributed by atoms with Crippen LogP contribution in [0, 0.1) is 24.2 Å². The Morgan fingerprint density at radius 2 is 2.06 bits per heavy atom. The summed E-state index contributed by atoms with van der Waals surface area (Å²) in [5.74, 6) is 0.0780. The predicted molar refractivity (Wildman–Crippen MR) is 143 cm³/mol. The first kappa shape index (κ1) is 28.7. The summed E-state index contributed by atoms with van der Waals surface area (Å²) in [6.07, 6.45) is 9.90. The highest BCUT2D eigenvalue weighted by molar-refractivity contribution is 7.09. The molecule has 1 aromatic heterocycles. The number of rotatable bonds is 4. The summed E-state index contributed by atoms with van der Waals surface area (Å²) in [5.41, 5.74) is 1.46. The number of hydrogen-bond acceptors (Lipinski definition) is 5. The Balaban J connectivity index is 2.26. The number of halogens is 1. The van der Waals surface area contributed by atoms with Crippen molar-refractivity contribution in [3.05, 3.63) is 45.4 Å². The van der Waals surface area contributed by atoms with Crippen molar-refractivity contribution in [3.8, 4) is 0 Å². The number of Topliss-reactive ketones (excluding diaryl/α,β-unsaturated/α-hetero) is 2. The number of allylic oxidation sites excluding steroid dienone is 3. The van der Waals surface area contributed by atoms with Crippen molar-refractivity contribution in [2.75, 3.05) is 6.61 Å². The van der Waals surface area contributed by atoms with Crippen molar-refractivity contribution >= 4 is 40.6 Å². The van der Waals surface area contributed by atoms with E-state index in [0.717, 1.165) is 17.1 Å². The summed E-state index contributed by atoms with van der Waals surface area (Å²) < 4.78 is 6.05. The predicted octanol–water partition coefficient (Wildman–Crippen LogP) is 7.71. The second kappa shape index (κ2) is 13.5. The lowest BCUT2D eigenvalue weighted by Gasteiger charge is -2.29. The van der Waals surface area contributed by atoms with Gasteiger partial charge in [-0.15, -0.1) is 17.9 Å². The first-order valence-corrected chi connectivity index (χ1v) is 13.5. The Morgan fingerprint density at radius 3 is 2.71 bits per heavy atom. The molecule has 0 fully saturated rings. The maximum absolute atomic E-state index is 13.4. The van der Waals surface area contributed by atoms with Crippen molar-refractivity contribution in [3.63, 3.8) is 0 Å². The molecule has 0 N–H and O–H groups in total. The molecule has 2 heterocycles. The van der Waals surface area contributed by atoms with Gasteiger partial charge >= 0.3 is 0 Å². The van der Waals surface area contributed by atoms with Crippen LogP contribution in [-0.2, 0) is 14.3 Å². The Bertz CT molecular complexity index is 915. The third-order valence-electron chi connectivity index (χ3n) is 6.57. The number of thiazole rings is 1. The fourth-order valence-corrected chi connectivity index (χ4v) is 5.20. The highest BCUT2D eigenvalue weighted by atomic mass is 35.5. The lowest BCUT2D eigenvalue weighted by Crippen LogP contribution is -2.33. The summed E-state index contributed by atoms with van der Waals surface area (Å²) in [6.45, 7) is 14.4. The van der Waals surface area contributed by atoms with Crippen LogP contribution >= 0.6 is 22.9 Å². The van der Waals surface area contributed by atoms with Crippen molar-refractivity contribution in [2.24, 2.45) is 17.3 Å². The zero-order valence-electron chi connectivity index (χ0n) is 21.4. The van der Waals surface area contributed by atoms with Crippen molar-refractivity contribution in [2.45, 2.75) is 85.7 Å². The SMILES string of the molecule is C=CCC1CC(C)OCCC(C)=CCC(C(Cl)=Cc2csc(C)n2)CC(=O)CCC(C)(C)C1=O. The molecule has 3 atom stereocenters.